The topological polar surface area (TPSA) is 115 Å². The quantitative estimate of drug-likeness (QED) is 0.878. The van der Waals surface area contributed by atoms with E-state index in [1.807, 2.05) is 0 Å². The maximum atomic E-state index is 13.7. The number of anilines is 1. The van der Waals surface area contributed by atoms with Gasteiger partial charge in [-0.15, -0.1) is 0 Å². The number of carbonyl (C=O) groups excluding carboxylic acids is 1. The average Bonchev–Trinajstić information content (AvgIpc) is 2.77. The van der Waals surface area contributed by atoms with E-state index in [9.17, 15) is 17.6 Å². The molecule has 106 valence electrons. The van der Waals surface area contributed by atoms with Crippen LogP contribution in [0.2, 0.25) is 0 Å². The highest BCUT2D eigenvalue weighted by Gasteiger charge is 2.16. The van der Waals surface area contributed by atoms with Crippen LogP contribution in [-0.2, 0) is 10.0 Å². The van der Waals surface area contributed by atoms with Crippen LogP contribution < -0.4 is 10.5 Å². The molecule has 3 N–H and O–H groups in total. The molecule has 1 amide bonds. The van der Waals surface area contributed by atoms with Gasteiger partial charge in [0.2, 0.25) is 15.8 Å². The number of amides is 1. The van der Waals surface area contributed by atoms with Crippen molar-refractivity contribution in [2.45, 2.75) is 11.8 Å². The van der Waals surface area contributed by atoms with Crippen LogP contribution in [0.15, 0.2) is 33.7 Å². The fraction of sp³-hybridized carbons (Fsp3) is 0.0909. The van der Waals surface area contributed by atoms with Crippen molar-refractivity contribution in [2.24, 2.45) is 5.14 Å². The van der Waals surface area contributed by atoms with Crippen LogP contribution in [0.5, 0.6) is 0 Å². The number of carbonyl (C=O) groups is 1. The van der Waals surface area contributed by atoms with Gasteiger partial charge in [0, 0.05) is 6.07 Å². The van der Waals surface area contributed by atoms with Gasteiger partial charge < -0.3 is 9.84 Å². The molecule has 0 unspecified atom stereocenters. The van der Waals surface area contributed by atoms with E-state index in [0.717, 1.165) is 18.2 Å². The van der Waals surface area contributed by atoms with E-state index in [1.165, 1.54) is 6.07 Å². The molecular weight excluding hydrogens is 289 g/mol. The maximum Gasteiger partial charge on any atom is 0.294 e. The minimum atomic E-state index is -4.00. The van der Waals surface area contributed by atoms with Crippen LogP contribution >= 0.6 is 0 Å². The first-order valence-electron chi connectivity index (χ1n) is 5.34. The second-order valence-electron chi connectivity index (χ2n) is 3.97. The SMILES string of the molecule is Cc1cc(C(=O)Nc2ccc(S(N)(=O)=O)cc2F)on1. The highest BCUT2D eigenvalue weighted by atomic mass is 32.2. The highest BCUT2D eigenvalue weighted by molar-refractivity contribution is 7.89. The third kappa shape index (κ3) is 3.00. The Balaban J connectivity index is 2.25. The first kappa shape index (κ1) is 14.2. The molecule has 0 bridgehead atoms. The summed E-state index contributed by atoms with van der Waals surface area (Å²) in [4.78, 5) is 11.3. The number of rotatable bonds is 3. The van der Waals surface area contributed by atoms with Gasteiger partial charge in [0.25, 0.3) is 5.91 Å². The van der Waals surface area contributed by atoms with Gasteiger partial charge in [-0.05, 0) is 25.1 Å². The van der Waals surface area contributed by atoms with E-state index < -0.39 is 21.7 Å². The van der Waals surface area contributed by atoms with Crippen molar-refractivity contribution in [1.82, 2.24) is 5.16 Å². The average molecular weight is 299 g/mol. The van der Waals surface area contributed by atoms with Crippen LogP contribution in [0.3, 0.4) is 0 Å². The molecule has 2 aromatic rings. The molecule has 0 spiro atoms. The first-order chi connectivity index (χ1) is 9.27. The van der Waals surface area contributed by atoms with E-state index in [-0.39, 0.29) is 16.3 Å². The van der Waals surface area contributed by atoms with E-state index in [4.69, 9.17) is 9.66 Å². The van der Waals surface area contributed by atoms with Crippen LogP contribution in [0, 0.1) is 12.7 Å². The normalized spacial score (nSPS) is 11.3. The minimum absolute atomic E-state index is 0.0857. The standard InChI is InChI=1S/C11H10FN3O4S/c1-6-4-10(19-15-6)11(16)14-9-3-2-7(5-8(9)12)20(13,17)18/h2-5H,1H3,(H,14,16)(H2,13,17,18). The molecule has 0 aliphatic rings. The number of aromatic nitrogens is 1. The summed E-state index contributed by atoms with van der Waals surface area (Å²) >= 11 is 0. The lowest BCUT2D eigenvalue weighted by Crippen LogP contribution is -2.15. The summed E-state index contributed by atoms with van der Waals surface area (Å²) in [6.07, 6.45) is 0. The van der Waals surface area contributed by atoms with Gasteiger partial charge in [0.05, 0.1) is 16.3 Å². The molecule has 0 saturated carbocycles. The Labute approximate surface area is 113 Å². The number of nitrogens with one attached hydrogen (secondary N) is 1. The second kappa shape index (κ2) is 5.02. The molecule has 1 aromatic carbocycles. The Morgan fingerprint density at radius 1 is 1.40 bits per heavy atom. The number of aryl methyl sites for hydroxylation is 1. The lowest BCUT2D eigenvalue weighted by molar-refractivity contribution is 0.0987. The zero-order chi connectivity index (χ0) is 14.9. The molecule has 0 radical (unpaired) electrons. The summed E-state index contributed by atoms with van der Waals surface area (Å²) < 4.78 is 40.5. The van der Waals surface area contributed by atoms with Crippen molar-refractivity contribution in [1.29, 1.82) is 0 Å². The molecule has 1 heterocycles. The molecule has 20 heavy (non-hydrogen) atoms. The Hall–Kier alpha value is -2.26. The molecule has 0 fully saturated rings. The Bertz CT molecular complexity index is 770. The van der Waals surface area contributed by atoms with Crippen molar-refractivity contribution in [3.05, 3.63) is 41.5 Å². The fourth-order valence-electron chi connectivity index (χ4n) is 1.43. The predicted molar refractivity (Wildman–Crippen MR) is 67.0 cm³/mol. The largest absolute Gasteiger partial charge is 0.351 e. The first-order valence-corrected chi connectivity index (χ1v) is 6.89. The number of hydrogen-bond donors (Lipinski definition) is 2. The lowest BCUT2D eigenvalue weighted by atomic mass is 10.3. The number of nitrogens with two attached hydrogens (primary N) is 1. The van der Waals surface area contributed by atoms with Gasteiger partial charge in [0.1, 0.15) is 5.82 Å². The molecule has 0 atom stereocenters. The number of hydrogen-bond acceptors (Lipinski definition) is 5. The van der Waals surface area contributed by atoms with Crippen LogP contribution in [-0.4, -0.2) is 19.5 Å². The van der Waals surface area contributed by atoms with Crippen LogP contribution in [0.4, 0.5) is 10.1 Å². The monoisotopic (exact) mass is 299 g/mol. The van der Waals surface area contributed by atoms with E-state index in [0.29, 0.717) is 5.69 Å². The number of primary sulfonamides is 1. The summed E-state index contributed by atoms with van der Waals surface area (Å²) in [5.74, 6) is -1.72. The Kier molecular flexibility index (Phi) is 3.55. The van der Waals surface area contributed by atoms with Crippen LogP contribution in [0.25, 0.3) is 0 Å². The number of nitrogens with zero attached hydrogens (tertiary/aromatic N) is 1. The van der Waals surface area contributed by atoms with Crippen molar-refractivity contribution in [3.8, 4) is 0 Å². The van der Waals surface area contributed by atoms with Gasteiger partial charge in [-0.2, -0.15) is 0 Å². The molecule has 1 aromatic heterocycles. The van der Waals surface area contributed by atoms with Gasteiger partial charge in [-0.1, -0.05) is 5.16 Å². The summed E-state index contributed by atoms with van der Waals surface area (Å²) in [6.45, 7) is 1.63. The van der Waals surface area contributed by atoms with Crippen molar-refractivity contribution in [2.75, 3.05) is 5.32 Å². The smallest absolute Gasteiger partial charge is 0.294 e. The molecule has 0 aliphatic carbocycles. The van der Waals surface area contributed by atoms with Gasteiger partial charge in [0.15, 0.2) is 0 Å². The predicted octanol–water partition coefficient (Wildman–Crippen LogP) is 1.02. The molecule has 2 rings (SSSR count). The van der Waals surface area contributed by atoms with Gasteiger partial charge in [-0.25, -0.2) is 17.9 Å². The summed E-state index contributed by atoms with van der Waals surface area (Å²) in [5, 5.41) is 10.6. The molecular formula is C11H10FN3O4S. The van der Waals surface area contributed by atoms with Crippen molar-refractivity contribution < 1.29 is 22.1 Å². The van der Waals surface area contributed by atoms with E-state index in [1.54, 1.807) is 6.92 Å². The lowest BCUT2D eigenvalue weighted by Gasteiger charge is -2.05. The maximum absolute atomic E-state index is 13.7. The molecule has 0 aliphatic heterocycles. The highest BCUT2D eigenvalue weighted by Crippen LogP contribution is 2.19. The van der Waals surface area contributed by atoms with E-state index in [2.05, 4.69) is 10.5 Å². The minimum Gasteiger partial charge on any atom is -0.351 e. The fourth-order valence-corrected chi connectivity index (χ4v) is 1.95. The third-order valence-electron chi connectivity index (χ3n) is 2.37. The summed E-state index contributed by atoms with van der Waals surface area (Å²) in [5.41, 5.74) is 0.302. The number of halogens is 1. The van der Waals surface area contributed by atoms with Crippen molar-refractivity contribution in [3.63, 3.8) is 0 Å². The number of benzene rings is 1. The zero-order valence-corrected chi connectivity index (χ0v) is 11.1. The Morgan fingerprint density at radius 3 is 2.60 bits per heavy atom. The van der Waals surface area contributed by atoms with Gasteiger partial charge in [-0.3, -0.25) is 4.79 Å². The molecule has 0 saturated heterocycles. The summed E-state index contributed by atoms with van der Waals surface area (Å²) in [7, 11) is -4.00. The third-order valence-corrected chi connectivity index (χ3v) is 3.28. The molecule has 9 heteroatoms. The van der Waals surface area contributed by atoms with E-state index >= 15 is 0 Å². The molecule has 7 nitrogen and oxygen atoms in total. The Morgan fingerprint density at radius 2 is 2.10 bits per heavy atom. The van der Waals surface area contributed by atoms with Gasteiger partial charge >= 0.3 is 0 Å². The van der Waals surface area contributed by atoms with Crippen molar-refractivity contribution >= 4 is 21.6 Å². The second-order valence-corrected chi connectivity index (χ2v) is 5.53. The number of sulfonamides is 1. The summed E-state index contributed by atoms with van der Waals surface area (Å²) in [6, 6.07) is 4.28. The van der Waals surface area contributed by atoms with Crippen LogP contribution in [0.1, 0.15) is 16.2 Å². The zero-order valence-electron chi connectivity index (χ0n) is 10.3.